The molecule has 0 fully saturated rings. The highest BCUT2D eigenvalue weighted by atomic mass is 19.0. The standard InChI is InChI=1S/2C6H11NO.3FH/c2*1-3-4-6(8)5-7-2;;;/h2*3-4,7H,5H2,1-2H3;3*1H. The first-order chi connectivity index (χ1) is 7.62. The van der Waals surface area contributed by atoms with Crippen LogP contribution < -0.4 is 10.6 Å². The molecule has 0 unspecified atom stereocenters. The lowest BCUT2D eigenvalue weighted by Crippen LogP contribution is -2.15. The molecule has 116 valence electrons. The predicted molar refractivity (Wildman–Crippen MR) is 75.0 cm³/mol. The highest BCUT2D eigenvalue weighted by Gasteiger charge is 1.88. The molecule has 0 saturated heterocycles. The van der Waals surface area contributed by atoms with E-state index in [1.165, 1.54) is 0 Å². The number of likely N-dealkylation sites (N-methyl/N-ethyl adjacent to an activating group) is 2. The molecule has 0 aliphatic heterocycles. The van der Waals surface area contributed by atoms with Gasteiger partial charge in [-0.25, -0.2) is 0 Å². The second-order valence-electron chi connectivity index (χ2n) is 2.99. The fraction of sp³-hybridized carbons (Fsp3) is 0.500. The van der Waals surface area contributed by atoms with Crippen LogP contribution in [0.2, 0.25) is 0 Å². The third-order valence-corrected chi connectivity index (χ3v) is 1.41. The molecule has 4 nitrogen and oxygen atoms in total. The van der Waals surface area contributed by atoms with Crippen LogP contribution in [-0.4, -0.2) is 38.8 Å². The number of rotatable bonds is 6. The van der Waals surface area contributed by atoms with Gasteiger partial charge in [0.2, 0.25) is 0 Å². The third-order valence-electron chi connectivity index (χ3n) is 1.41. The molecule has 0 aromatic carbocycles. The first-order valence-electron chi connectivity index (χ1n) is 5.22. The largest absolute Gasteiger partial charge is 0.313 e. The van der Waals surface area contributed by atoms with Crippen molar-refractivity contribution in [2.24, 2.45) is 0 Å². The maximum atomic E-state index is 10.5. The van der Waals surface area contributed by atoms with Crippen LogP contribution in [0.1, 0.15) is 13.8 Å². The molecule has 2 N–H and O–H groups in total. The summed E-state index contributed by atoms with van der Waals surface area (Å²) < 4.78 is 0. The van der Waals surface area contributed by atoms with E-state index >= 15 is 0 Å². The Balaban J connectivity index is -0.0000000594. The Labute approximate surface area is 112 Å². The van der Waals surface area contributed by atoms with Crippen molar-refractivity contribution in [1.82, 2.24) is 10.6 Å². The minimum atomic E-state index is 0. The van der Waals surface area contributed by atoms with Crippen molar-refractivity contribution < 1.29 is 23.7 Å². The van der Waals surface area contributed by atoms with E-state index in [0.29, 0.717) is 13.1 Å². The fourth-order valence-electron chi connectivity index (χ4n) is 0.838. The van der Waals surface area contributed by atoms with Crippen LogP contribution in [0.5, 0.6) is 0 Å². The summed E-state index contributed by atoms with van der Waals surface area (Å²) in [4.78, 5) is 21.0. The lowest BCUT2D eigenvalue weighted by molar-refractivity contribution is -0.114. The molecule has 0 spiro atoms. The average molecular weight is 286 g/mol. The van der Waals surface area contributed by atoms with Crippen molar-refractivity contribution in [1.29, 1.82) is 0 Å². The molecule has 0 amide bonds. The smallest absolute Gasteiger partial charge is 0.169 e. The summed E-state index contributed by atoms with van der Waals surface area (Å²) in [6.45, 7) is 4.52. The van der Waals surface area contributed by atoms with Crippen molar-refractivity contribution in [3.05, 3.63) is 24.3 Å². The molecule has 19 heavy (non-hydrogen) atoms. The maximum Gasteiger partial charge on any atom is 0.169 e. The summed E-state index contributed by atoms with van der Waals surface area (Å²) in [5.74, 6) is 0.241. The van der Waals surface area contributed by atoms with E-state index in [1.54, 1.807) is 38.4 Å². The van der Waals surface area contributed by atoms with Gasteiger partial charge in [-0.15, -0.1) is 0 Å². The summed E-state index contributed by atoms with van der Waals surface area (Å²) in [7, 11) is 3.50. The van der Waals surface area contributed by atoms with Gasteiger partial charge >= 0.3 is 0 Å². The second-order valence-corrected chi connectivity index (χ2v) is 2.99. The number of allylic oxidation sites excluding steroid dienone is 2. The van der Waals surface area contributed by atoms with Gasteiger partial charge in [0, 0.05) is 0 Å². The van der Waals surface area contributed by atoms with Crippen LogP contribution in [0.3, 0.4) is 0 Å². The minimum Gasteiger partial charge on any atom is -0.313 e. The Morgan fingerprint density at radius 1 is 0.789 bits per heavy atom. The molecule has 0 aromatic rings. The van der Waals surface area contributed by atoms with Gasteiger partial charge < -0.3 is 10.6 Å². The van der Waals surface area contributed by atoms with Crippen LogP contribution in [0.15, 0.2) is 24.3 Å². The topological polar surface area (TPSA) is 58.2 Å². The Kier molecular flexibility index (Phi) is 40.8. The zero-order valence-electron chi connectivity index (χ0n) is 11.8. The van der Waals surface area contributed by atoms with Crippen molar-refractivity contribution in [3.8, 4) is 0 Å². The number of nitrogens with one attached hydrogen (secondary N) is 2. The van der Waals surface area contributed by atoms with Gasteiger partial charge in [0.05, 0.1) is 13.1 Å². The average Bonchev–Trinajstić information content (AvgIpc) is 2.20. The number of halogens is 3. The Morgan fingerprint density at radius 3 is 1.21 bits per heavy atom. The van der Waals surface area contributed by atoms with Crippen molar-refractivity contribution in [2.75, 3.05) is 27.2 Å². The molecule has 0 radical (unpaired) electrons. The molecular formula is C12H25F3N2O2. The zero-order valence-corrected chi connectivity index (χ0v) is 11.8. The van der Waals surface area contributed by atoms with E-state index in [0.717, 1.165) is 0 Å². The van der Waals surface area contributed by atoms with E-state index in [2.05, 4.69) is 10.6 Å². The van der Waals surface area contributed by atoms with E-state index in [4.69, 9.17) is 0 Å². The number of ketones is 2. The van der Waals surface area contributed by atoms with Crippen LogP contribution in [0, 0.1) is 0 Å². The summed E-state index contributed by atoms with van der Waals surface area (Å²) in [5.41, 5.74) is 0. The fourth-order valence-corrected chi connectivity index (χ4v) is 0.838. The first-order valence-corrected chi connectivity index (χ1v) is 5.22. The number of hydrogen-bond donors (Lipinski definition) is 2. The molecule has 0 rings (SSSR count). The van der Waals surface area contributed by atoms with Crippen LogP contribution in [0.4, 0.5) is 14.1 Å². The first kappa shape index (κ1) is 30.5. The molecule has 0 bridgehead atoms. The highest BCUT2D eigenvalue weighted by molar-refractivity contribution is 5.91. The molecule has 0 saturated carbocycles. The minimum absolute atomic E-state index is 0. The summed E-state index contributed by atoms with van der Waals surface area (Å²) in [6.07, 6.45) is 6.58. The normalized spacial score (nSPS) is 8.63. The van der Waals surface area contributed by atoms with Crippen molar-refractivity contribution in [3.63, 3.8) is 0 Å². The second kappa shape index (κ2) is 25.4. The van der Waals surface area contributed by atoms with Gasteiger partial charge in [0.25, 0.3) is 0 Å². The summed E-state index contributed by atoms with van der Waals surface area (Å²) >= 11 is 0. The lowest BCUT2D eigenvalue weighted by atomic mass is 10.3. The monoisotopic (exact) mass is 286 g/mol. The van der Waals surface area contributed by atoms with Crippen molar-refractivity contribution >= 4 is 11.6 Å². The van der Waals surface area contributed by atoms with Crippen LogP contribution >= 0.6 is 0 Å². The molecule has 0 aliphatic carbocycles. The van der Waals surface area contributed by atoms with Gasteiger partial charge in [0.1, 0.15) is 0 Å². The van der Waals surface area contributed by atoms with E-state index in [1.807, 2.05) is 13.8 Å². The summed E-state index contributed by atoms with van der Waals surface area (Å²) in [5, 5.41) is 5.50. The predicted octanol–water partition coefficient (Wildman–Crippen LogP) is 1.16. The van der Waals surface area contributed by atoms with Gasteiger partial charge in [-0.1, -0.05) is 12.2 Å². The van der Waals surface area contributed by atoms with Gasteiger partial charge in [0.15, 0.2) is 11.6 Å². The molecule has 7 heteroatoms. The van der Waals surface area contributed by atoms with Crippen LogP contribution in [-0.2, 0) is 9.59 Å². The van der Waals surface area contributed by atoms with Gasteiger partial charge in [-0.2, -0.15) is 0 Å². The number of hydrogen-bond acceptors (Lipinski definition) is 4. The van der Waals surface area contributed by atoms with Gasteiger partial charge in [-0.05, 0) is 40.1 Å². The Hall–Kier alpha value is -1.47. The van der Waals surface area contributed by atoms with E-state index in [9.17, 15) is 9.59 Å². The number of carbonyl (C=O) groups excluding carboxylic acids is 2. The Morgan fingerprint density at radius 2 is 1.05 bits per heavy atom. The van der Waals surface area contributed by atoms with E-state index in [-0.39, 0.29) is 25.7 Å². The lowest BCUT2D eigenvalue weighted by Gasteiger charge is -1.88. The molecule has 0 aromatic heterocycles. The maximum absolute atomic E-state index is 10.5. The van der Waals surface area contributed by atoms with Crippen LogP contribution in [0.25, 0.3) is 0 Å². The third kappa shape index (κ3) is 31.5. The summed E-state index contributed by atoms with van der Waals surface area (Å²) in [6, 6.07) is 0. The van der Waals surface area contributed by atoms with Crippen molar-refractivity contribution in [2.45, 2.75) is 13.8 Å². The quantitative estimate of drug-likeness (QED) is 0.719. The van der Waals surface area contributed by atoms with Gasteiger partial charge in [-0.3, -0.25) is 23.7 Å². The highest BCUT2D eigenvalue weighted by Crippen LogP contribution is 1.72. The number of carbonyl (C=O) groups is 2. The Bertz CT molecular complexity index is 231. The SMILES string of the molecule is CC=CC(=O)CNC.CC=CC(=O)CNC.F.F.F. The molecule has 0 atom stereocenters. The molecule has 0 aliphatic rings. The zero-order chi connectivity index (χ0) is 12.8. The van der Waals surface area contributed by atoms with E-state index < -0.39 is 0 Å². The molecule has 0 heterocycles. The molecular weight excluding hydrogens is 261 g/mol.